The number of carbonyl (C=O) groups excluding carboxylic acids is 1. The molecule has 2 rings (SSSR count). The Morgan fingerprint density at radius 3 is 2.68 bits per heavy atom. The predicted molar refractivity (Wildman–Crippen MR) is 71.8 cm³/mol. The van der Waals surface area contributed by atoms with E-state index in [0.29, 0.717) is 24.3 Å². The Morgan fingerprint density at radius 1 is 1.32 bits per heavy atom. The van der Waals surface area contributed by atoms with Gasteiger partial charge in [0.15, 0.2) is 0 Å². The van der Waals surface area contributed by atoms with Crippen LogP contribution in [0.2, 0.25) is 0 Å². The van der Waals surface area contributed by atoms with Crippen molar-refractivity contribution < 1.29 is 14.3 Å². The average Bonchev–Trinajstić information content (AvgIpc) is 2.93. The molecule has 0 aliphatic heterocycles. The van der Waals surface area contributed by atoms with Gasteiger partial charge in [0, 0.05) is 12.1 Å². The van der Waals surface area contributed by atoms with Gasteiger partial charge in [-0.1, -0.05) is 17.7 Å². The van der Waals surface area contributed by atoms with Crippen LogP contribution in [-0.2, 0) is 0 Å². The molecule has 0 saturated heterocycles. The van der Waals surface area contributed by atoms with E-state index in [0.717, 1.165) is 5.56 Å². The minimum absolute atomic E-state index is 0.133. The zero-order valence-electron chi connectivity index (χ0n) is 10.8. The predicted octanol–water partition coefficient (Wildman–Crippen LogP) is 2.44. The van der Waals surface area contributed by atoms with Crippen LogP contribution in [-0.4, -0.2) is 17.6 Å². The van der Waals surface area contributed by atoms with Crippen LogP contribution in [0.5, 0.6) is 0 Å². The Balaban J connectivity index is 1.79. The number of aryl methyl sites for hydroxylation is 1. The molecule has 1 atom stereocenters. The van der Waals surface area contributed by atoms with E-state index in [1.54, 1.807) is 24.3 Å². The summed E-state index contributed by atoms with van der Waals surface area (Å²) in [4.78, 5) is 11.8. The fourth-order valence-corrected chi connectivity index (χ4v) is 1.75. The van der Waals surface area contributed by atoms with E-state index >= 15 is 0 Å². The molecule has 1 unspecified atom stereocenters. The maximum absolute atomic E-state index is 11.8. The highest BCUT2D eigenvalue weighted by Crippen LogP contribution is 2.15. The van der Waals surface area contributed by atoms with Gasteiger partial charge in [-0.05, 0) is 37.6 Å². The van der Waals surface area contributed by atoms with E-state index in [2.05, 4.69) is 5.32 Å². The number of rotatable bonds is 5. The average molecular weight is 259 g/mol. The first-order chi connectivity index (χ1) is 9.16. The van der Waals surface area contributed by atoms with E-state index < -0.39 is 6.10 Å². The topological polar surface area (TPSA) is 62.5 Å². The van der Waals surface area contributed by atoms with Gasteiger partial charge in [-0.3, -0.25) is 4.79 Å². The zero-order chi connectivity index (χ0) is 13.7. The minimum atomic E-state index is -0.687. The summed E-state index contributed by atoms with van der Waals surface area (Å²) in [6.07, 6.45) is 1.25. The lowest BCUT2D eigenvalue weighted by Gasteiger charge is -2.09. The molecule has 1 heterocycles. The van der Waals surface area contributed by atoms with Crippen LogP contribution in [0.3, 0.4) is 0 Å². The Hall–Kier alpha value is -2.07. The smallest absolute Gasteiger partial charge is 0.251 e. The number of carbonyl (C=O) groups is 1. The van der Waals surface area contributed by atoms with E-state index in [-0.39, 0.29) is 5.91 Å². The highest BCUT2D eigenvalue weighted by atomic mass is 16.4. The third-order valence-corrected chi connectivity index (χ3v) is 2.89. The molecule has 4 heteroatoms. The monoisotopic (exact) mass is 259 g/mol. The first-order valence-corrected chi connectivity index (χ1v) is 6.23. The van der Waals surface area contributed by atoms with Gasteiger partial charge in [0.05, 0.1) is 6.26 Å². The number of aliphatic hydroxyl groups is 1. The molecular formula is C15H17NO3. The van der Waals surface area contributed by atoms with Crippen molar-refractivity contribution in [2.45, 2.75) is 19.4 Å². The van der Waals surface area contributed by atoms with Crippen LogP contribution in [0.25, 0.3) is 0 Å². The maximum Gasteiger partial charge on any atom is 0.251 e. The highest BCUT2D eigenvalue weighted by Gasteiger charge is 2.11. The number of benzene rings is 1. The normalized spacial score (nSPS) is 12.1. The molecule has 1 aromatic carbocycles. The lowest BCUT2D eigenvalue weighted by molar-refractivity contribution is 0.0936. The molecule has 0 spiro atoms. The number of furan rings is 1. The first-order valence-electron chi connectivity index (χ1n) is 6.23. The van der Waals surface area contributed by atoms with Gasteiger partial charge in [0.25, 0.3) is 5.91 Å². The lowest BCUT2D eigenvalue weighted by atomic mass is 10.1. The van der Waals surface area contributed by atoms with Gasteiger partial charge in [0.1, 0.15) is 11.9 Å². The van der Waals surface area contributed by atoms with Crippen molar-refractivity contribution in [3.05, 3.63) is 59.5 Å². The standard InChI is InChI=1S/C15H17NO3/c1-11-4-6-12(7-5-11)15(18)16-9-8-13(17)14-3-2-10-19-14/h2-7,10,13,17H,8-9H2,1H3,(H,16,18). The SMILES string of the molecule is Cc1ccc(C(=O)NCCC(O)c2ccco2)cc1. The quantitative estimate of drug-likeness (QED) is 0.867. The molecule has 1 amide bonds. The second-order valence-electron chi connectivity index (χ2n) is 4.44. The van der Waals surface area contributed by atoms with Gasteiger partial charge < -0.3 is 14.8 Å². The van der Waals surface area contributed by atoms with Gasteiger partial charge in [-0.15, -0.1) is 0 Å². The van der Waals surface area contributed by atoms with Crippen molar-refractivity contribution in [3.63, 3.8) is 0 Å². The number of amides is 1. The van der Waals surface area contributed by atoms with E-state index in [1.807, 2.05) is 19.1 Å². The molecule has 0 radical (unpaired) electrons. The summed E-state index contributed by atoms with van der Waals surface area (Å²) >= 11 is 0. The first kappa shape index (κ1) is 13.4. The third kappa shape index (κ3) is 3.69. The molecule has 100 valence electrons. The molecule has 0 aliphatic rings. The van der Waals surface area contributed by atoms with Crippen LogP contribution in [0, 0.1) is 6.92 Å². The van der Waals surface area contributed by atoms with Gasteiger partial charge in [-0.25, -0.2) is 0 Å². The van der Waals surface area contributed by atoms with Gasteiger partial charge in [-0.2, -0.15) is 0 Å². The Morgan fingerprint density at radius 2 is 2.05 bits per heavy atom. The fourth-order valence-electron chi connectivity index (χ4n) is 1.75. The molecule has 1 aromatic heterocycles. The highest BCUT2D eigenvalue weighted by molar-refractivity contribution is 5.94. The van der Waals surface area contributed by atoms with Crippen LogP contribution in [0.15, 0.2) is 47.1 Å². The molecule has 19 heavy (non-hydrogen) atoms. The zero-order valence-corrected chi connectivity index (χ0v) is 10.8. The minimum Gasteiger partial charge on any atom is -0.467 e. The van der Waals surface area contributed by atoms with E-state index in [4.69, 9.17) is 4.42 Å². The molecule has 0 aliphatic carbocycles. The summed E-state index contributed by atoms with van der Waals surface area (Å²) in [5.74, 6) is 0.385. The van der Waals surface area contributed by atoms with Crippen molar-refractivity contribution >= 4 is 5.91 Å². The summed E-state index contributed by atoms with van der Waals surface area (Å²) in [6, 6.07) is 10.8. The Kier molecular flexibility index (Phi) is 4.36. The summed E-state index contributed by atoms with van der Waals surface area (Å²) in [5, 5.41) is 12.6. The van der Waals surface area contributed by atoms with Crippen molar-refractivity contribution in [2.24, 2.45) is 0 Å². The second kappa shape index (κ2) is 6.20. The van der Waals surface area contributed by atoms with Crippen molar-refractivity contribution in [1.82, 2.24) is 5.32 Å². The number of nitrogens with one attached hydrogen (secondary N) is 1. The lowest BCUT2D eigenvalue weighted by Crippen LogP contribution is -2.25. The number of hydrogen-bond donors (Lipinski definition) is 2. The molecule has 0 bridgehead atoms. The molecule has 2 N–H and O–H groups in total. The maximum atomic E-state index is 11.8. The molecule has 4 nitrogen and oxygen atoms in total. The molecular weight excluding hydrogens is 242 g/mol. The second-order valence-corrected chi connectivity index (χ2v) is 4.44. The fraction of sp³-hybridized carbons (Fsp3) is 0.267. The van der Waals surface area contributed by atoms with Crippen molar-refractivity contribution in [3.8, 4) is 0 Å². The third-order valence-electron chi connectivity index (χ3n) is 2.89. The number of hydrogen-bond acceptors (Lipinski definition) is 3. The Labute approximate surface area is 112 Å². The Bertz CT molecular complexity index is 517. The van der Waals surface area contributed by atoms with Crippen LogP contribution in [0.4, 0.5) is 0 Å². The molecule has 2 aromatic rings. The summed E-state index contributed by atoms with van der Waals surface area (Å²) in [7, 11) is 0. The summed E-state index contributed by atoms with van der Waals surface area (Å²) in [5.41, 5.74) is 1.74. The van der Waals surface area contributed by atoms with E-state index in [9.17, 15) is 9.90 Å². The van der Waals surface area contributed by atoms with E-state index in [1.165, 1.54) is 6.26 Å². The molecule has 0 fully saturated rings. The van der Waals surface area contributed by atoms with Crippen LogP contribution >= 0.6 is 0 Å². The van der Waals surface area contributed by atoms with Gasteiger partial charge in [0.2, 0.25) is 0 Å². The summed E-state index contributed by atoms with van der Waals surface area (Å²) in [6.45, 7) is 2.37. The van der Waals surface area contributed by atoms with Crippen molar-refractivity contribution in [1.29, 1.82) is 0 Å². The summed E-state index contributed by atoms with van der Waals surface area (Å²) < 4.78 is 5.09. The van der Waals surface area contributed by atoms with Crippen LogP contribution in [0.1, 0.15) is 34.2 Å². The number of aliphatic hydroxyl groups excluding tert-OH is 1. The van der Waals surface area contributed by atoms with Gasteiger partial charge >= 0.3 is 0 Å². The largest absolute Gasteiger partial charge is 0.467 e. The van der Waals surface area contributed by atoms with Crippen LogP contribution < -0.4 is 5.32 Å². The molecule has 0 saturated carbocycles. The van der Waals surface area contributed by atoms with Crippen molar-refractivity contribution in [2.75, 3.05) is 6.54 Å².